The van der Waals surface area contributed by atoms with Crippen LogP contribution in [0.15, 0.2) is 48.5 Å². The minimum absolute atomic E-state index is 0.176. The Hall–Kier alpha value is -2.44. The SMILES string of the molecule is COC(=O)Nc1ccc(CN[C@@H](C)c2nc3ccccc3s2)cc1. The van der Waals surface area contributed by atoms with Crippen molar-refractivity contribution in [3.05, 3.63) is 59.1 Å². The molecule has 0 aliphatic heterocycles. The first-order valence-electron chi connectivity index (χ1n) is 7.68. The van der Waals surface area contributed by atoms with Crippen LogP contribution in [0, 0.1) is 0 Å². The van der Waals surface area contributed by atoms with Crippen molar-refractivity contribution in [3.63, 3.8) is 0 Å². The molecule has 5 nitrogen and oxygen atoms in total. The van der Waals surface area contributed by atoms with Gasteiger partial charge in [0.1, 0.15) is 5.01 Å². The number of aromatic nitrogens is 1. The van der Waals surface area contributed by atoms with Crippen LogP contribution in [0.5, 0.6) is 0 Å². The van der Waals surface area contributed by atoms with Crippen molar-refractivity contribution < 1.29 is 9.53 Å². The van der Waals surface area contributed by atoms with Crippen LogP contribution in [0.4, 0.5) is 10.5 Å². The molecule has 0 saturated carbocycles. The maximum atomic E-state index is 11.2. The van der Waals surface area contributed by atoms with Crippen molar-refractivity contribution >= 4 is 33.3 Å². The van der Waals surface area contributed by atoms with Gasteiger partial charge in [-0.1, -0.05) is 24.3 Å². The molecule has 0 fully saturated rings. The second-order valence-corrected chi connectivity index (χ2v) is 6.50. The number of rotatable bonds is 5. The number of carbonyl (C=O) groups is 1. The molecule has 124 valence electrons. The van der Waals surface area contributed by atoms with Gasteiger partial charge in [0.25, 0.3) is 0 Å². The van der Waals surface area contributed by atoms with E-state index in [1.165, 1.54) is 11.8 Å². The number of carbonyl (C=O) groups excluding carboxylic acids is 1. The Morgan fingerprint density at radius 1 is 1.21 bits per heavy atom. The monoisotopic (exact) mass is 341 g/mol. The van der Waals surface area contributed by atoms with Gasteiger partial charge in [-0.25, -0.2) is 9.78 Å². The van der Waals surface area contributed by atoms with Crippen molar-refractivity contribution in [1.29, 1.82) is 0 Å². The molecule has 0 unspecified atom stereocenters. The van der Waals surface area contributed by atoms with E-state index in [-0.39, 0.29) is 6.04 Å². The summed E-state index contributed by atoms with van der Waals surface area (Å²) in [6.45, 7) is 2.85. The zero-order valence-corrected chi connectivity index (χ0v) is 14.4. The van der Waals surface area contributed by atoms with Gasteiger partial charge in [-0.3, -0.25) is 5.32 Å². The number of nitrogens with one attached hydrogen (secondary N) is 2. The molecular weight excluding hydrogens is 322 g/mol. The molecule has 2 aromatic carbocycles. The molecular formula is C18H19N3O2S. The van der Waals surface area contributed by atoms with Gasteiger partial charge < -0.3 is 10.1 Å². The van der Waals surface area contributed by atoms with E-state index < -0.39 is 6.09 Å². The number of hydrogen-bond acceptors (Lipinski definition) is 5. The number of fused-ring (bicyclic) bond motifs is 1. The third-order valence-electron chi connectivity index (χ3n) is 3.68. The normalized spacial score (nSPS) is 12.1. The minimum atomic E-state index is -0.467. The number of amides is 1. The van der Waals surface area contributed by atoms with Crippen LogP contribution in [0.1, 0.15) is 23.5 Å². The lowest BCUT2D eigenvalue weighted by atomic mass is 10.2. The van der Waals surface area contributed by atoms with Gasteiger partial charge in [0, 0.05) is 12.2 Å². The van der Waals surface area contributed by atoms with E-state index in [0.29, 0.717) is 5.69 Å². The zero-order valence-electron chi connectivity index (χ0n) is 13.6. The predicted octanol–water partition coefficient (Wildman–Crippen LogP) is 4.33. The first-order chi connectivity index (χ1) is 11.7. The fourth-order valence-corrected chi connectivity index (χ4v) is 3.30. The van der Waals surface area contributed by atoms with Crippen LogP contribution in [-0.4, -0.2) is 18.2 Å². The van der Waals surface area contributed by atoms with E-state index in [1.54, 1.807) is 11.3 Å². The Kier molecular flexibility index (Phi) is 5.08. The van der Waals surface area contributed by atoms with Crippen LogP contribution in [0.3, 0.4) is 0 Å². The largest absolute Gasteiger partial charge is 0.453 e. The van der Waals surface area contributed by atoms with E-state index in [2.05, 4.69) is 33.3 Å². The minimum Gasteiger partial charge on any atom is -0.453 e. The Balaban J connectivity index is 1.59. The summed E-state index contributed by atoms with van der Waals surface area (Å²) in [5.41, 5.74) is 2.90. The van der Waals surface area contributed by atoms with Crippen LogP contribution in [0.2, 0.25) is 0 Å². The molecule has 1 heterocycles. The molecule has 1 amide bonds. The second-order valence-electron chi connectivity index (χ2n) is 5.44. The lowest BCUT2D eigenvalue weighted by Crippen LogP contribution is -2.18. The molecule has 0 saturated heterocycles. The summed E-state index contributed by atoms with van der Waals surface area (Å²) in [7, 11) is 1.34. The van der Waals surface area contributed by atoms with E-state index in [4.69, 9.17) is 0 Å². The molecule has 0 aliphatic carbocycles. The maximum Gasteiger partial charge on any atom is 0.411 e. The van der Waals surface area contributed by atoms with E-state index in [0.717, 1.165) is 22.6 Å². The summed E-state index contributed by atoms with van der Waals surface area (Å²) in [5, 5.41) is 7.20. The molecule has 0 spiro atoms. The number of anilines is 1. The highest BCUT2D eigenvalue weighted by molar-refractivity contribution is 7.18. The highest BCUT2D eigenvalue weighted by Crippen LogP contribution is 2.26. The average molecular weight is 341 g/mol. The fourth-order valence-electron chi connectivity index (χ4n) is 2.31. The van der Waals surface area contributed by atoms with E-state index in [1.807, 2.05) is 42.5 Å². The van der Waals surface area contributed by atoms with Gasteiger partial charge in [0.15, 0.2) is 0 Å². The van der Waals surface area contributed by atoms with Gasteiger partial charge in [-0.2, -0.15) is 0 Å². The number of thiazole rings is 1. The number of hydrogen-bond donors (Lipinski definition) is 2. The molecule has 3 aromatic rings. The van der Waals surface area contributed by atoms with Gasteiger partial charge in [-0.05, 0) is 36.8 Å². The number of methoxy groups -OCH3 is 1. The molecule has 0 radical (unpaired) electrons. The summed E-state index contributed by atoms with van der Waals surface area (Å²) in [5.74, 6) is 0. The fraction of sp³-hybridized carbons (Fsp3) is 0.222. The van der Waals surface area contributed by atoms with Crippen molar-refractivity contribution in [2.24, 2.45) is 0 Å². The lowest BCUT2D eigenvalue weighted by Gasteiger charge is -2.11. The molecule has 3 rings (SSSR count). The van der Waals surface area contributed by atoms with Crippen LogP contribution in [0.25, 0.3) is 10.2 Å². The highest BCUT2D eigenvalue weighted by Gasteiger charge is 2.11. The average Bonchev–Trinajstić information content (AvgIpc) is 3.05. The Labute approximate surface area is 144 Å². The van der Waals surface area contributed by atoms with E-state index in [9.17, 15) is 4.79 Å². The number of benzene rings is 2. The van der Waals surface area contributed by atoms with Crippen LogP contribution in [-0.2, 0) is 11.3 Å². The summed E-state index contributed by atoms with van der Waals surface area (Å²) in [4.78, 5) is 15.8. The smallest absolute Gasteiger partial charge is 0.411 e. The quantitative estimate of drug-likeness (QED) is 0.725. The van der Waals surface area contributed by atoms with Gasteiger partial charge in [0.2, 0.25) is 0 Å². The van der Waals surface area contributed by atoms with Crippen LogP contribution >= 0.6 is 11.3 Å². The molecule has 0 aliphatic rings. The summed E-state index contributed by atoms with van der Waals surface area (Å²) in [6, 6.07) is 16.0. The molecule has 1 aromatic heterocycles. The Bertz CT molecular complexity index is 797. The Morgan fingerprint density at radius 3 is 2.67 bits per heavy atom. The first-order valence-corrected chi connectivity index (χ1v) is 8.50. The van der Waals surface area contributed by atoms with Gasteiger partial charge in [0.05, 0.1) is 23.4 Å². The zero-order chi connectivity index (χ0) is 16.9. The number of para-hydroxylation sites is 1. The number of ether oxygens (including phenoxy) is 1. The lowest BCUT2D eigenvalue weighted by molar-refractivity contribution is 0.187. The maximum absolute atomic E-state index is 11.2. The summed E-state index contributed by atoms with van der Waals surface area (Å²) >= 11 is 1.72. The Morgan fingerprint density at radius 2 is 1.96 bits per heavy atom. The standard InChI is InChI=1S/C18H19N3O2S/c1-12(17-21-15-5-3-4-6-16(15)24-17)19-11-13-7-9-14(10-8-13)20-18(22)23-2/h3-10,12,19H,11H2,1-2H3,(H,20,22)/t12-/m0/s1. The van der Waals surface area contributed by atoms with Crippen molar-refractivity contribution in [2.75, 3.05) is 12.4 Å². The summed E-state index contributed by atoms with van der Waals surface area (Å²) < 4.78 is 5.78. The van der Waals surface area contributed by atoms with Crippen molar-refractivity contribution in [1.82, 2.24) is 10.3 Å². The van der Waals surface area contributed by atoms with Crippen LogP contribution < -0.4 is 10.6 Å². The third-order valence-corrected chi connectivity index (χ3v) is 4.90. The molecule has 0 bridgehead atoms. The van der Waals surface area contributed by atoms with Gasteiger partial charge >= 0.3 is 6.09 Å². The predicted molar refractivity (Wildman–Crippen MR) is 97.3 cm³/mol. The van der Waals surface area contributed by atoms with Gasteiger partial charge in [-0.15, -0.1) is 11.3 Å². The molecule has 1 atom stereocenters. The molecule has 24 heavy (non-hydrogen) atoms. The first kappa shape index (κ1) is 16.4. The van der Waals surface area contributed by atoms with Crippen molar-refractivity contribution in [2.45, 2.75) is 19.5 Å². The van der Waals surface area contributed by atoms with E-state index >= 15 is 0 Å². The molecule has 2 N–H and O–H groups in total. The highest BCUT2D eigenvalue weighted by atomic mass is 32.1. The molecule has 6 heteroatoms. The summed E-state index contributed by atoms with van der Waals surface area (Å²) in [6.07, 6.45) is -0.467. The topological polar surface area (TPSA) is 63.2 Å². The van der Waals surface area contributed by atoms with Crippen molar-refractivity contribution in [3.8, 4) is 0 Å². The second kappa shape index (κ2) is 7.42. The third kappa shape index (κ3) is 3.90. The number of nitrogens with zero attached hydrogens (tertiary/aromatic N) is 1.